The molecule has 2 aromatic carbocycles. The number of para-hydroxylation sites is 1. The first-order valence-electron chi connectivity index (χ1n) is 10.2. The maximum atomic E-state index is 12.8. The minimum atomic E-state index is -3.50. The van der Waals surface area contributed by atoms with Crippen molar-refractivity contribution in [2.24, 2.45) is 0 Å². The van der Waals surface area contributed by atoms with Gasteiger partial charge in [-0.05, 0) is 48.7 Å². The van der Waals surface area contributed by atoms with Crippen LogP contribution in [0.25, 0.3) is 6.08 Å². The van der Waals surface area contributed by atoms with Gasteiger partial charge in [0.25, 0.3) is 5.91 Å². The van der Waals surface area contributed by atoms with Crippen molar-refractivity contribution in [3.8, 4) is 0 Å². The maximum Gasteiger partial charge on any atom is 0.331 e. The van der Waals surface area contributed by atoms with Crippen molar-refractivity contribution >= 4 is 33.7 Å². The van der Waals surface area contributed by atoms with E-state index in [4.69, 9.17) is 4.74 Å². The first-order valence-corrected chi connectivity index (χ1v) is 11.7. The van der Waals surface area contributed by atoms with Crippen molar-refractivity contribution < 1.29 is 22.7 Å². The fourth-order valence-electron chi connectivity index (χ4n) is 3.25. The van der Waals surface area contributed by atoms with E-state index in [2.05, 4.69) is 5.32 Å². The number of hydrogen-bond acceptors (Lipinski definition) is 5. The van der Waals surface area contributed by atoms with Crippen LogP contribution in [-0.2, 0) is 24.3 Å². The highest BCUT2D eigenvalue weighted by atomic mass is 32.2. The van der Waals surface area contributed by atoms with E-state index in [1.54, 1.807) is 52.8 Å². The van der Waals surface area contributed by atoms with Crippen molar-refractivity contribution in [2.75, 3.05) is 25.0 Å². The van der Waals surface area contributed by atoms with Crippen LogP contribution in [0.4, 0.5) is 5.69 Å². The molecule has 2 aromatic rings. The lowest BCUT2D eigenvalue weighted by molar-refractivity contribution is -0.142. The number of nitrogens with zero attached hydrogens (tertiary/aromatic N) is 1. The van der Waals surface area contributed by atoms with Gasteiger partial charge in [0.05, 0.1) is 4.90 Å². The summed E-state index contributed by atoms with van der Waals surface area (Å²) in [5.74, 6) is -1.10. The molecule has 1 fully saturated rings. The van der Waals surface area contributed by atoms with Gasteiger partial charge in [0.2, 0.25) is 10.0 Å². The number of hydrogen-bond donors (Lipinski definition) is 1. The van der Waals surface area contributed by atoms with Crippen LogP contribution in [0.5, 0.6) is 0 Å². The molecule has 31 heavy (non-hydrogen) atoms. The van der Waals surface area contributed by atoms with Crippen molar-refractivity contribution in [3.05, 3.63) is 66.2 Å². The second kappa shape index (κ2) is 10.9. The number of sulfonamides is 1. The normalized spacial score (nSPS) is 15.4. The number of benzene rings is 2. The first kappa shape index (κ1) is 22.7. The van der Waals surface area contributed by atoms with E-state index in [0.29, 0.717) is 24.3 Å². The van der Waals surface area contributed by atoms with Crippen LogP contribution in [0.1, 0.15) is 31.2 Å². The highest BCUT2D eigenvalue weighted by molar-refractivity contribution is 7.89. The molecule has 0 atom stereocenters. The summed E-state index contributed by atoms with van der Waals surface area (Å²) in [5, 5.41) is 2.62. The molecule has 1 aliphatic heterocycles. The Bertz CT molecular complexity index is 1010. The van der Waals surface area contributed by atoms with Crippen molar-refractivity contribution in [1.29, 1.82) is 0 Å². The predicted molar refractivity (Wildman–Crippen MR) is 119 cm³/mol. The van der Waals surface area contributed by atoms with Crippen LogP contribution >= 0.6 is 0 Å². The van der Waals surface area contributed by atoms with Crippen LogP contribution in [0.15, 0.2) is 65.6 Å². The Morgan fingerprint density at radius 2 is 1.58 bits per heavy atom. The monoisotopic (exact) mass is 442 g/mol. The fraction of sp³-hybridized carbons (Fsp3) is 0.304. The maximum absolute atomic E-state index is 12.8. The zero-order valence-corrected chi connectivity index (χ0v) is 18.0. The molecule has 8 heteroatoms. The molecule has 0 bridgehead atoms. The predicted octanol–water partition coefficient (Wildman–Crippen LogP) is 3.45. The fourth-order valence-corrected chi connectivity index (χ4v) is 4.77. The SMILES string of the molecule is O=C(COC(=O)/C=C/c1ccc(S(=O)(=O)N2CCCCCC2)cc1)Nc1ccccc1. The molecule has 1 heterocycles. The number of anilines is 1. The Morgan fingerprint density at radius 3 is 2.23 bits per heavy atom. The first-order chi connectivity index (χ1) is 14.9. The summed E-state index contributed by atoms with van der Waals surface area (Å²) in [5.41, 5.74) is 1.27. The number of carbonyl (C=O) groups excluding carboxylic acids is 2. The number of esters is 1. The summed E-state index contributed by atoms with van der Waals surface area (Å²) in [6.45, 7) is 0.701. The Labute approximate surface area is 182 Å². The van der Waals surface area contributed by atoms with E-state index in [0.717, 1.165) is 25.7 Å². The minimum Gasteiger partial charge on any atom is -0.452 e. The molecule has 1 amide bonds. The van der Waals surface area contributed by atoms with Crippen molar-refractivity contribution in [3.63, 3.8) is 0 Å². The third kappa shape index (κ3) is 6.77. The molecule has 0 unspecified atom stereocenters. The number of nitrogens with one attached hydrogen (secondary N) is 1. The Morgan fingerprint density at radius 1 is 0.935 bits per heavy atom. The zero-order chi connectivity index (χ0) is 22.1. The van der Waals surface area contributed by atoms with E-state index < -0.39 is 28.5 Å². The molecular weight excluding hydrogens is 416 g/mol. The zero-order valence-electron chi connectivity index (χ0n) is 17.2. The van der Waals surface area contributed by atoms with Gasteiger partial charge < -0.3 is 10.1 Å². The van der Waals surface area contributed by atoms with Crippen LogP contribution in [0.2, 0.25) is 0 Å². The highest BCUT2D eigenvalue weighted by Crippen LogP contribution is 2.21. The number of amides is 1. The molecule has 1 aliphatic rings. The third-order valence-corrected chi connectivity index (χ3v) is 6.81. The summed E-state index contributed by atoms with van der Waals surface area (Å²) in [4.78, 5) is 23.9. The molecule has 1 saturated heterocycles. The van der Waals surface area contributed by atoms with Gasteiger partial charge in [-0.1, -0.05) is 43.2 Å². The second-order valence-corrected chi connectivity index (χ2v) is 9.18. The van der Waals surface area contributed by atoms with Gasteiger partial charge in [0, 0.05) is 24.9 Å². The van der Waals surface area contributed by atoms with Gasteiger partial charge in [0.1, 0.15) is 0 Å². The average Bonchev–Trinajstić information content (AvgIpc) is 3.07. The molecule has 3 rings (SSSR count). The van der Waals surface area contributed by atoms with Gasteiger partial charge in [-0.2, -0.15) is 4.31 Å². The molecular formula is C23H26N2O5S. The van der Waals surface area contributed by atoms with Gasteiger partial charge in [-0.3, -0.25) is 4.79 Å². The largest absolute Gasteiger partial charge is 0.452 e. The molecule has 1 N–H and O–H groups in total. The lowest BCUT2D eigenvalue weighted by Crippen LogP contribution is -2.31. The molecule has 0 aliphatic carbocycles. The van der Waals surface area contributed by atoms with Crippen LogP contribution in [0.3, 0.4) is 0 Å². The summed E-state index contributed by atoms with van der Waals surface area (Å²) >= 11 is 0. The van der Waals surface area contributed by atoms with E-state index in [1.165, 1.54) is 12.2 Å². The highest BCUT2D eigenvalue weighted by Gasteiger charge is 2.24. The Balaban J connectivity index is 1.51. The third-order valence-electron chi connectivity index (χ3n) is 4.90. The quantitative estimate of drug-likeness (QED) is 0.524. The average molecular weight is 443 g/mol. The van der Waals surface area contributed by atoms with E-state index in [1.807, 2.05) is 6.07 Å². The summed E-state index contributed by atoms with van der Waals surface area (Å²) in [7, 11) is -3.50. The number of carbonyl (C=O) groups is 2. The Hall–Kier alpha value is -2.97. The molecule has 164 valence electrons. The Kier molecular flexibility index (Phi) is 7.97. The lowest BCUT2D eigenvalue weighted by Gasteiger charge is -2.19. The van der Waals surface area contributed by atoms with Crippen molar-refractivity contribution in [1.82, 2.24) is 4.31 Å². The smallest absolute Gasteiger partial charge is 0.331 e. The summed E-state index contributed by atoms with van der Waals surface area (Å²) in [6, 6.07) is 15.2. The topological polar surface area (TPSA) is 92.8 Å². The van der Waals surface area contributed by atoms with Crippen LogP contribution < -0.4 is 5.32 Å². The van der Waals surface area contributed by atoms with Crippen molar-refractivity contribution in [2.45, 2.75) is 30.6 Å². The number of ether oxygens (including phenoxy) is 1. The van der Waals surface area contributed by atoms with E-state index >= 15 is 0 Å². The molecule has 7 nitrogen and oxygen atoms in total. The summed E-state index contributed by atoms with van der Waals surface area (Å²) < 4.78 is 32.1. The number of rotatable bonds is 7. The molecule has 0 spiro atoms. The standard InChI is InChI=1S/C23H26N2O5S/c26-22(24-20-8-4-3-5-9-20)18-30-23(27)15-12-19-10-13-21(14-11-19)31(28,29)25-16-6-1-2-7-17-25/h3-5,8-15H,1-2,6-7,16-18H2,(H,24,26)/b15-12+. The molecule has 0 saturated carbocycles. The van der Waals surface area contributed by atoms with Gasteiger partial charge in [-0.15, -0.1) is 0 Å². The summed E-state index contributed by atoms with van der Waals surface area (Å²) in [6.07, 6.45) is 6.59. The molecule has 0 aromatic heterocycles. The minimum absolute atomic E-state index is 0.242. The van der Waals surface area contributed by atoms with Gasteiger partial charge >= 0.3 is 5.97 Å². The van der Waals surface area contributed by atoms with E-state index in [-0.39, 0.29) is 4.90 Å². The van der Waals surface area contributed by atoms with Crippen LogP contribution in [0, 0.1) is 0 Å². The van der Waals surface area contributed by atoms with Gasteiger partial charge in [-0.25, -0.2) is 13.2 Å². The lowest BCUT2D eigenvalue weighted by atomic mass is 10.2. The molecule has 0 radical (unpaired) electrons. The van der Waals surface area contributed by atoms with E-state index in [9.17, 15) is 18.0 Å². The van der Waals surface area contributed by atoms with Crippen LogP contribution in [-0.4, -0.2) is 44.3 Å². The second-order valence-electron chi connectivity index (χ2n) is 7.24. The van der Waals surface area contributed by atoms with Gasteiger partial charge in [0.15, 0.2) is 6.61 Å².